The zero-order chi connectivity index (χ0) is 24.8. The van der Waals surface area contributed by atoms with Crippen molar-refractivity contribution in [2.45, 2.75) is 38.6 Å². The summed E-state index contributed by atoms with van der Waals surface area (Å²) in [5.41, 5.74) is 12.6. The highest BCUT2D eigenvalue weighted by atomic mass is 35.5. The number of rotatable bonds is 9. The van der Waals surface area contributed by atoms with Crippen molar-refractivity contribution < 1.29 is 9.66 Å². The number of aromatic nitrogens is 2. The zero-order valence-corrected chi connectivity index (χ0v) is 20.1. The molecule has 0 aliphatic heterocycles. The number of anilines is 2. The molecule has 184 valence electrons. The molecule has 0 spiro atoms. The first kappa shape index (κ1) is 24.7. The van der Waals surface area contributed by atoms with Gasteiger partial charge < -0.3 is 21.5 Å². The predicted octanol–water partition coefficient (Wildman–Crippen LogP) is 5.33. The van der Waals surface area contributed by atoms with Gasteiger partial charge in [0.1, 0.15) is 17.2 Å². The summed E-state index contributed by atoms with van der Waals surface area (Å²) in [5, 5.41) is 15.3. The Kier molecular flexibility index (Phi) is 7.99. The molecule has 5 N–H and O–H groups in total. The molecule has 35 heavy (non-hydrogen) atoms. The van der Waals surface area contributed by atoms with Crippen LogP contribution in [-0.2, 0) is 13.0 Å². The third-order valence-electron chi connectivity index (χ3n) is 6.42. The van der Waals surface area contributed by atoms with Crippen molar-refractivity contribution in [1.82, 2.24) is 9.97 Å². The number of nitrogens with one attached hydrogen (secondary N) is 1. The molecule has 1 aliphatic rings. The van der Waals surface area contributed by atoms with E-state index in [1.54, 1.807) is 6.07 Å². The van der Waals surface area contributed by atoms with E-state index in [2.05, 4.69) is 15.3 Å². The van der Waals surface area contributed by atoms with Gasteiger partial charge in [-0.3, -0.25) is 10.1 Å². The lowest BCUT2D eigenvalue weighted by molar-refractivity contribution is -0.385. The number of para-hydroxylation sites is 1. The first-order valence-electron chi connectivity index (χ1n) is 11.7. The lowest BCUT2D eigenvalue weighted by Crippen LogP contribution is -2.23. The Morgan fingerprint density at radius 2 is 1.77 bits per heavy atom. The number of nitrogen functional groups attached to an aromatic ring is 1. The van der Waals surface area contributed by atoms with Gasteiger partial charge in [0.15, 0.2) is 0 Å². The van der Waals surface area contributed by atoms with Crippen LogP contribution in [0.25, 0.3) is 0 Å². The average molecular weight is 497 g/mol. The molecule has 0 saturated heterocycles. The predicted molar refractivity (Wildman–Crippen MR) is 137 cm³/mol. The number of hydrogen-bond acceptors (Lipinski definition) is 8. The van der Waals surface area contributed by atoms with Gasteiger partial charge in [0.05, 0.1) is 4.92 Å². The summed E-state index contributed by atoms with van der Waals surface area (Å²) >= 11 is 6.46. The molecule has 3 aromatic rings. The highest BCUT2D eigenvalue weighted by Crippen LogP contribution is 2.35. The number of ether oxygens (including phenoxy) is 1. The Labute approximate surface area is 209 Å². The van der Waals surface area contributed by atoms with Crippen molar-refractivity contribution >= 4 is 29.1 Å². The molecule has 1 fully saturated rings. The average Bonchev–Trinajstić information content (AvgIpc) is 2.84. The number of benzene rings is 2. The fraction of sp³-hybridized carbons (Fsp3) is 0.360. The van der Waals surface area contributed by atoms with Crippen LogP contribution in [0.2, 0.25) is 5.02 Å². The Bertz CT molecular complexity index is 1170. The van der Waals surface area contributed by atoms with E-state index in [9.17, 15) is 10.1 Å². The van der Waals surface area contributed by atoms with E-state index in [4.69, 9.17) is 27.8 Å². The molecule has 0 atom stereocenters. The molecule has 1 aliphatic carbocycles. The third-order valence-corrected chi connectivity index (χ3v) is 6.77. The van der Waals surface area contributed by atoms with Crippen molar-refractivity contribution in [1.29, 1.82) is 0 Å². The van der Waals surface area contributed by atoms with Gasteiger partial charge in [0.25, 0.3) is 0 Å². The van der Waals surface area contributed by atoms with Gasteiger partial charge in [0.2, 0.25) is 11.8 Å². The van der Waals surface area contributed by atoms with E-state index >= 15 is 0 Å². The second-order valence-corrected chi connectivity index (χ2v) is 9.20. The molecule has 9 nitrogen and oxygen atoms in total. The van der Waals surface area contributed by atoms with Gasteiger partial charge in [-0.25, -0.2) is 4.98 Å². The zero-order valence-electron chi connectivity index (χ0n) is 19.3. The largest absolute Gasteiger partial charge is 0.457 e. The van der Waals surface area contributed by atoms with E-state index in [1.807, 2.05) is 42.5 Å². The fourth-order valence-corrected chi connectivity index (χ4v) is 4.71. The molecule has 0 radical (unpaired) electrons. The number of hydrogen-bond donors (Lipinski definition) is 3. The van der Waals surface area contributed by atoms with Crippen LogP contribution in [0.1, 0.15) is 36.9 Å². The Balaban J connectivity index is 1.54. The standard InChI is InChI=1S/C25H29ClN6O3/c26-20-7-4-8-22(35-18-5-2-1-3-6-18)19(20)15-29-25-30-21(23(32(33)34)24(28)31-25)13-16-9-11-17(14-27)12-10-16/h1-8,16-17H,9-15,27H2,(H3,28,29,30,31). The van der Waals surface area contributed by atoms with E-state index in [-0.39, 0.29) is 24.0 Å². The van der Waals surface area contributed by atoms with Crippen LogP contribution in [0.4, 0.5) is 17.5 Å². The van der Waals surface area contributed by atoms with Crippen LogP contribution >= 0.6 is 11.6 Å². The molecule has 2 aromatic carbocycles. The van der Waals surface area contributed by atoms with Crippen molar-refractivity contribution in [3.63, 3.8) is 0 Å². The smallest absolute Gasteiger partial charge is 0.332 e. The maximum Gasteiger partial charge on any atom is 0.332 e. The molecular weight excluding hydrogens is 468 g/mol. The second kappa shape index (κ2) is 11.3. The lowest BCUT2D eigenvalue weighted by atomic mass is 9.80. The summed E-state index contributed by atoms with van der Waals surface area (Å²) in [6.07, 6.45) is 4.45. The quantitative estimate of drug-likeness (QED) is 0.266. The highest BCUT2D eigenvalue weighted by molar-refractivity contribution is 6.31. The Hall–Kier alpha value is -3.43. The second-order valence-electron chi connectivity index (χ2n) is 8.80. The lowest BCUT2D eigenvalue weighted by Gasteiger charge is -2.27. The summed E-state index contributed by atoms with van der Waals surface area (Å²) < 4.78 is 6.01. The van der Waals surface area contributed by atoms with Gasteiger partial charge in [-0.2, -0.15) is 4.98 Å². The summed E-state index contributed by atoms with van der Waals surface area (Å²) in [4.78, 5) is 19.8. The van der Waals surface area contributed by atoms with Gasteiger partial charge in [0, 0.05) is 17.1 Å². The van der Waals surface area contributed by atoms with E-state index in [0.717, 1.165) is 25.7 Å². The van der Waals surface area contributed by atoms with E-state index in [1.165, 1.54) is 0 Å². The molecule has 4 rings (SSSR count). The minimum absolute atomic E-state index is 0.155. The molecule has 0 bridgehead atoms. The molecule has 10 heteroatoms. The van der Waals surface area contributed by atoms with Crippen molar-refractivity contribution in [2.24, 2.45) is 17.6 Å². The van der Waals surface area contributed by atoms with Crippen LogP contribution < -0.4 is 21.5 Å². The van der Waals surface area contributed by atoms with Gasteiger partial charge in [-0.15, -0.1) is 0 Å². The number of halogens is 1. The number of nitrogens with zero attached hydrogens (tertiary/aromatic N) is 3. The summed E-state index contributed by atoms with van der Waals surface area (Å²) in [7, 11) is 0. The summed E-state index contributed by atoms with van der Waals surface area (Å²) in [6.45, 7) is 0.930. The van der Waals surface area contributed by atoms with Crippen LogP contribution in [0.5, 0.6) is 11.5 Å². The third kappa shape index (κ3) is 6.17. The fourth-order valence-electron chi connectivity index (χ4n) is 4.47. The van der Waals surface area contributed by atoms with Crippen molar-refractivity contribution in [2.75, 3.05) is 17.6 Å². The van der Waals surface area contributed by atoms with Crippen LogP contribution in [-0.4, -0.2) is 21.4 Å². The van der Waals surface area contributed by atoms with Gasteiger partial charge in [-0.05, 0) is 74.8 Å². The van der Waals surface area contributed by atoms with Crippen molar-refractivity contribution in [3.05, 3.63) is 74.9 Å². The minimum atomic E-state index is -0.500. The molecule has 1 aromatic heterocycles. The van der Waals surface area contributed by atoms with Gasteiger partial charge in [-0.1, -0.05) is 35.9 Å². The maximum atomic E-state index is 11.7. The first-order valence-corrected chi connectivity index (χ1v) is 12.1. The van der Waals surface area contributed by atoms with Gasteiger partial charge >= 0.3 is 5.69 Å². The number of nitro groups is 1. The Morgan fingerprint density at radius 1 is 1.06 bits per heavy atom. The molecule has 0 unspecified atom stereocenters. The summed E-state index contributed by atoms with van der Waals surface area (Å²) in [5.74, 6) is 2.15. The minimum Gasteiger partial charge on any atom is -0.457 e. The monoisotopic (exact) mass is 496 g/mol. The van der Waals surface area contributed by atoms with Crippen LogP contribution in [0.15, 0.2) is 48.5 Å². The van der Waals surface area contributed by atoms with Crippen molar-refractivity contribution in [3.8, 4) is 11.5 Å². The molecule has 1 heterocycles. The maximum absolute atomic E-state index is 11.7. The normalized spacial score (nSPS) is 17.7. The molecule has 0 amide bonds. The highest BCUT2D eigenvalue weighted by Gasteiger charge is 2.28. The van der Waals surface area contributed by atoms with Crippen LogP contribution in [0, 0.1) is 22.0 Å². The van der Waals surface area contributed by atoms with E-state index < -0.39 is 4.92 Å². The SMILES string of the molecule is NCC1CCC(Cc2nc(NCc3c(Cl)cccc3Oc3ccccc3)nc(N)c2[N+](=O)[O-])CC1. The van der Waals surface area contributed by atoms with Crippen LogP contribution in [0.3, 0.4) is 0 Å². The van der Waals surface area contributed by atoms with E-state index in [0.29, 0.717) is 52.6 Å². The first-order chi connectivity index (χ1) is 16.9. The molecule has 1 saturated carbocycles. The number of nitrogens with two attached hydrogens (primary N) is 2. The molecular formula is C25H29ClN6O3. The topological polar surface area (TPSA) is 142 Å². The summed E-state index contributed by atoms with van der Waals surface area (Å²) in [6, 6.07) is 14.8. The Morgan fingerprint density at radius 3 is 2.46 bits per heavy atom.